The molecule has 1 rings (SSSR count). The number of rotatable bonds is 7. The van der Waals surface area contributed by atoms with Crippen LogP contribution in [0, 0.1) is 0 Å². The van der Waals surface area contributed by atoms with Crippen LogP contribution in [0.5, 0.6) is 5.75 Å². The lowest BCUT2D eigenvalue weighted by Crippen LogP contribution is -2.27. The second-order valence-corrected chi connectivity index (χ2v) is 3.74. The third-order valence-corrected chi connectivity index (χ3v) is 2.35. The minimum atomic E-state index is -0.119. The Morgan fingerprint density at radius 2 is 2.17 bits per heavy atom. The van der Waals surface area contributed by atoms with E-state index in [4.69, 9.17) is 4.74 Å². The van der Waals surface area contributed by atoms with Gasteiger partial charge in [0.1, 0.15) is 5.75 Å². The number of carbonyl (C=O) groups is 1. The van der Waals surface area contributed by atoms with Crippen molar-refractivity contribution in [3.8, 4) is 5.75 Å². The second kappa shape index (κ2) is 7.68. The molecule has 0 saturated heterocycles. The molecule has 1 aromatic rings. The van der Waals surface area contributed by atoms with Crippen molar-refractivity contribution in [1.29, 1.82) is 0 Å². The number of hydrogen-bond donors (Lipinski definition) is 3. The normalized spacial score (nSPS) is 10.2. The van der Waals surface area contributed by atoms with Crippen molar-refractivity contribution >= 4 is 11.6 Å². The molecular weight excluding hydrogens is 232 g/mol. The van der Waals surface area contributed by atoms with Crippen LogP contribution in [0.2, 0.25) is 0 Å². The molecule has 0 bridgehead atoms. The molecular formula is C13H20N2O3. The molecule has 18 heavy (non-hydrogen) atoms. The molecule has 5 heteroatoms. The summed E-state index contributed by atoms with van der Waals surface area (Å²) in [7, 11) is 0. The lowest BCUT2D eigenvalue weighted by molar-refractivity contribution is -0.115. The highest BCUT2D eigenvalue weighted by Crippen LogP contribution is 2.22. The van der Waals surface area contributed by atoms with Crippen molar-refractivity contribution in [2.75, 3.05) is 25.0 Å². The predicted molar refractivity (Wildman–Crippen MR) is 70.7 cm³/mol. The Hall–Kier alpha value is -1.59. The summed E-state index contributed by atoms with van der Waals surface area (Å²) in [6.07, 6.45) is 0. The van der Waals surface area contributed by atoms with Gasteiger partial charge in [0.15, 0.2) is 0 Å². The van der Waals surface area contributed by atoms with Crippen LogP contribution < -0.4 is 15.4 Å². The molecule has 0 heterocycles. The maximum Gasteiger partial charge on any atom is 0.238 e. The van der Waals surface area contributed by atoms with Crippen molar-refractivity contribution in [2.45, 2.75) is 20.5 Å². The zero-order valence-electron chi connectivity index (χ0n) is 10.8. The average molecular weight is 252 g/mol. The first kappa shape index (κ1) is 14.5. The maximum atomic E-state index is 11.5. The van der Waals surface area contributed by atoms with E-state index in [1.807, 2.05) is 13.8 Å². The van der Waals surface area contributed by atoms with Crippen LogP contribution in [0.1, 0.15) is 19.4 Å². The van der Waals surface area contributed by atoms with Gasteiger partial charge in [0.2, 0.25) is 5.91 Å². The number of carbonyl (C=O) groups excluding carboxylic acids is 1. The third-order valence-electron chi connectivity index (χ3n) is 2.35. The van der Waals surface area contributed by atoms with Crippen molar-refractivity contribution in [1.82, 2.24) is 5.32 Å². The number of amides is 1. The highest BCUT2D eigenvalue weighted by molar-refractivity contribution is 5.92. The van der Waals surface area contributed by atoms with Crippen LogP contribution in [0.4, 0.5) is 5.69 Å². The molecule has 0 atom stereocenters. The highest BCUT2D eigenvalue weighted by atomic mass is 16.5. The largest absolute Gasteiger partial charge is 0.494 e. The standard InChI is InChI=1S/C13H20N2O3/c1-3-14-8-13(17)15-11-5-6-12(18-4-2)10(7-11)9-16/h5-7,14,16H,3-4,8-9H2,1-2H3,(H,15,17). The number of benzene rings is 1. The number of aliphatic hydroxyl groups is 1. The summed E-state index contributed by atoms with van der Waals surface area (Å²) in [6.45, 7) is 5.27. The fraction of sp³-hybridized carbons (Fsp3) is 0.462. The molecule has 0 fully saturated rings. The zero-order valence-corrected chi connectivity index (χ0v) is 10.8. The molecule has 3 N–H and O–H groups in total. The van der Waals surface area contributed by atoms with Crippen LogP contribution in [-0.2, 0) is 11.4 Å². The lowest BCUT2D eigenvalue weighted by Gasteiger charge is -2.11. The Morgan fingerprint density at radius 1 is 1.39 bits per heavy atom. The summed E-state index contributed by atoms with van der Waals surface area (Å²) >= 11 is 0. The quantitative estimate of drug-likeness (QED) is 0.680. The number of nitrogens with one attached hydrogen (secondary N) is 2. The highest BCUT2D eigenvalue weighted by Gasteiger charge is 2.06. The van der Waals surface area contributed by atoms with Crippen LogP contribution in [0.25, 0.3) is 0 Å². The van der Waals surface area contributed by atoms with Gasteiger partial charge in [-0.15, -0.1) is 0 Å². The monoisotopic (exact) mass is 252 g/mol. The van der Waals surface area contributed by atoms with Gasteiger partial charge in [0, 0.05) is 11.3 Å². The van der Waals surface area contributed by atoms with E-state index in [1.54, 1.807) is 18.2 Å². The number of ether oxygens (including phenoxy) is 1. The summed E-state index contributed by atoms with van der Waals surface area (Å²) < 4.78 is 5.37. The van der Waals surface area contributed by atoms with E-state index in [-0.39, 0.29) is 19.1 Å². The fourth-order valence-corrected chi connectivity index (χ4v) is 1.52. The summed E-state index contributed by atoms with van der Waals surface area (Å²) in [4.78, 5) is 11.5. The Balaban J connectivity index is 2.69. The minimum Gasteiger partial charge on any atom is -0.494 e. The molecule has 0 aromatic heterocycles. The number of anilines is 1. The van der Waals surface area contributed by atoms with Crippen molar-refractivity contribution in [3.05, 3.63) is 23.8 Å². The lowest BCUT2D eigenvalue weighted by atomic mass is 10.2. The second-order valence-electron chi connectivity index (χ2n) is 3.74. The summed E-state index contributed by atoms with van der Waals surface area (Å²) in [6, 6.07) is 5.22. The fourth-order valence-electron chi connectivity index (χ4n) is 1.52. The first-order valence-corrected chi connectivity index (χ1v) is 6.08. The van der Waals surface area contributed by atoms with Crippen molar-refractivity contribution in [3.63, 3.8) is 0 Å². The Kier molecular flexibility index (Phi) is 6.18. The first-order valence-electron chi connectivity index (χ1n) is 6.08. The molecule has 0 unspecified atom stereocenters. The van der Waals surface area contributed by atoms with E-state index >= 15 is 0 Å². The number of likely N-dealkylation sites (N-methyl/N-ethyl adjacent to an activating group) is 1. The molecule has 0 aliphatic rings. The zero-order chi connectivity index (χ0) is 13.4. The molecule has 0 saturated carbocycles. The van der Waals surface area contributed by atoms with Crippen LogP contribution in [0.15, 0.2) is 18.2 Å². The van der Waals surface area contributed by atoms with Gasteiger partial charge in [-0.1, -0.05) is 6.92 Å². The summed E-state index contributed by atoms with van der Waals surface area (Å²) in [5.74, 6) is 0.537. The Labute approximate surface area is 107 Å². The van der Waals surface area contributed by atoms with Crippen molar-refractivity contribution in [2.24, 2.45) is 0 Å². The van der Waals surface area contributed by atoms with E-state index < -0.39 is 0 Å². The molecule has 100 valence electrons. The average Bonchev–Trinajstić information content (AvgIpc) is 2.38. The van der Waals surface area contributed by atoms with E-state index in [1.165, 1.54) is 0 Å². The van der Waals surface area contributed by atoms with E-state index in [2.05, 4.69) is 10.6 Å². The molecule has 0 spiro atoms. The van der Waals surface area contributed by atoms with E-state index in [0.29, 0.717) is 23.6 Å². The van der Waals surface area contributed by atoms with Crippen LogP contribution in [-0.4, -0.2) is 30.7 Å². The molecule has 1 amide bonds. The van der Waals surface area contributed by atoms with Gasteiger partial charge >= 0.3 is 0 Å². The van der Waals surface area contributed by atoms with Gasteiger partial charge < -0.3 is 20.5 Å². The van der Waals surface area contributed by atoms with Gasteiger partial charge in [-0.2, -0.15) is 0 Å². The van der Waals surface area contributed by atoms with Crippen molar-refractivity contribution < 1.29 is 14.6 Å². The third kappa shape index (κ3) is 4.35. The molecule has 0 aliphatic carbocycles. The van der Waals surface area contributed by atoms with E-state index in [9.17, 15) is 9.90 Å². The van der Waals surface area contributed by atoms with Gasteiger partial charge in [0.25, 0.3) is 0 Å². The number of aliphatic hydroxyl groups excluding tert-OH is 1. The molecule has 0 aliphatic heterocycles. The van der Waals surface area contributed by atoms with Gasteiger partial charge in [-0.3, -0.25) is 4.79 Å². The Bertz CT molecular complexity index is 394. The topological polar surface area (TPSA) is 70.6 Å². The summed E-state index contributed by atoms with van der Waals surface area (Å²) in [5.41, 5.74) is 1.32. The van der Waals surface area contributed by atoms with Gasteiger partial charge in [-0.05, 0) is 31.7 Å². The maximum absolute atomic E-state index is 11.5. The smallest absolute Gasteiger partial charge is 0.238 e. The predicted octanol–water partition coefficient (Wildman–Crippen LogP) is 1.13. The molecule has 0 radical (unpaired) electrons. The van der Waals surface area contributed by atoms with E-state index in [0.717, 1.165) is 6.54 Å². The Morgan fingerprint density at radius 3 is 2.78 bits per heavy atom. The van der Waals surface area contributed by atoms with Crippen LogP contribution >= 0.6 is 0 Å². The first-order chi connectivity index (χ1) is 8.71. The molecule has 5 nitrogen and oxygen atoms in total. The number of hydrogen-bond acceptors (Lipinski definition) is 4. The minimum absolute atomic E-state index is 0.107. The van der Waals surface area contributed by atoms with Gasteiger partial charge in [-0.25, -0.2) is 0 Å². The SMILES string of the molecule is CCNCC(=O)Nc1ccc(OCC)c(CO)c1. The van der Waals surface area contributed by atoms with Crippen LogP contribution in [0.3, 0.4) is 0 Å². The van der Waals surface area contributed by atoms with Gasteiger partial charge in [0.05, 0.1) is 19.8 Å². The summed E-state index contributed by atoms with van der Waals surface area (Å²) in [5, 5.41) is 14.9. The molecule has 1 aromatic carbocycles.